The average Bonchev–Trinajstić information content (AvgIpc) is 2.75. The number of hydrogen-bond donors (Lipinski definition) is 0. The molecule has 3 nitrogen and oxygen atoms in total. The first-order chi connectivity index (χ1) is 8.09. The number of aromatic nitrogens is 1. The van der Waals surface area contributed by atoms with E-state index in [1.54, 1.807) is 18.3 Å². The molecule has 0 aliphatic heterocycles. The number of hydrogen-bond acceptors (Lipinski definition) is 4. The Kier molecular flexibility index (Phi) is 3.82. The lowest BCUT2D eigenvalue weighted by Crippen LogP contribution is -2.09. The number of nitrogens with zero attached hydrogens (tertiary/aromatic N) is 2. The molecule has 4 heteroatoms. The maximum Gasteiger partial charge on any atom is 0.185 e. The number of carbonyl (C=O) groups excluding carboxylic acids is 1. The van der Waals surface area contributed by atoms with E-state index in [-0.39, 0.29) is 5.78 Å². The predicted octanol–water partition coefficient (Wildman–Crippen LogP) is 3.46. The molecule has 1 aliphatic rings. The minimum Gasteiger partial charge on any atom is -0.354 e. The Morgan fingerprint density at radius 3 is 2.47 bits per heavy atom. The summed E-state index contributed by atoms with van der Waals surface area (Å²) in [5, 5.41) is 0.954. The highest BCUT2D eigenvalue weighted by atomic mass is 32.1. The zero-order valence-corrected chi connectivity index (χ0v) is 11.6. The molecule has 0 spiro atoms. The van der Waals surface area contributed by atoms with Crippen molar-refractivity contribution in [2.24, 2.45) is 0 Å². The Labute approximate surface area is 107 Å². The summed E-state index contributed by atoms with van der Waals surface area (Å²) in [4.78, 5) is 19.4. The van der Waals surface area contributed by atoms with Crippen molar-refractivity contribution in [3.05, 3.63) is 10.6 Å². The summed E-state index contributed by atoms with van der Waals surface area (Å²) < 4.78 is 0. The first-order valence-electron chi connectivity index (χ1n) is 6.28. The number of anilines is 1. The summed E-state index contributed by atoms with van der Waals surface area (Å²) in [7, 11) is 3.96. The molecule has 0 aromatic carbocycles. The summed E-state index contributed by atoms with van der Waals surface area (Å²) in [6, 6.07) is 0. The van der Waals surface area contributed by atoms with E-state index in [1.165, 1.54) is 37.0 Å². The van der Waals surface area contributed by atoms with Crippen molar-refractivity contribution >= 4 is 22.3 Å². The van der Waals surface area contributed by atoms with Crippen molar-refractivity contribution in [3.63, 3.8) is 0 Å². The third kappa shape index (κ3) is 2.68. The van der Waals surface area contributed by atoms with Gasteiger partial charge in [-0.3, -0.25) is 4.79 Å². The van der Waals surface area contributed by atoms with Crippen molar-refractivity contribution in [1.82, 2.24) is 4.98 Å². The topological polar surface area (TPSA) is 33.2 Å². The molecular formula is C13H20N2OS. The Hall–Kier alpha value is -0.900. The van der Waals surface area contributed by atoms with E-state index in [1.807, 2.05) is 19.0 Å². The minimum absolute atomic E-state index is 0.106. The van der Waals surface area contributed by atoms with E-state index >= 15 is 0 Å². The van der Waals surface area contributed by atoms with Crippen molar-refractivity contribution in [1.29, 1.82) is 0 Å². The molecule has 2 rings (SSSR count). The Balaban J connectivity index is 2.32. The van der Waals surface area contributed by atoms with Crippen molar-refractivity contribution < 1.29 is 4.79 Å². The van der Waals surface area contributed by atoms with Crippen molar-refractivity contribution in [2.45, 2.75) is 44.9 Å². The van der Waals surface area contributed by atoms with Gasteiger partial charge in [-0.2, -0.15) is 0 Å². The van der Waals surface area contributed by atoms with E-state index in [9.17, 15) is 4.79 Å². The number of rotatable bonds is 3. The van der Waals surface area contributed by atoms with Gasteiger partial charge in [0, 0.05) is 25.9 Å². The molecule has 0 saturated heterocycles. The molecule has 17 heavy (non-hydrogen) atoms. The SMILES string of the molecule is CC(=O)c1nc(N(C)C)sc1C1CCCCC1. The molecule has 0 atom stereocenters. The highest BCUT2D eigenvalue weighted by Crippen LogP contribution is 2.39. The average molecular weight is 252 g/mol. The zero-order chi connectivity index (χ0) is 12.4. The monoisotopic (exact) mass is 252 g/mol. The largest absolute Gasteiger partial charge is 0.354 e. The van der Waals surface area contributed by atoms with Crippen LogP contribution in [0.4, 0.5) is 5.13 Å². The van der Waals surface area contributed by atoms with Crippen LogP contribution in [-0.2, 0) is 0 Å². The van der Waals surface area contributed by atoms with Gasteiger partial charge in [-0.05, 0) is 18.8 Å². The fraction of sp³-hybridized carbons (Fsp3) is 0.692. The number of thiazole rings is 1. The highest BCUT2D eigenvalue weighted by molar-refractivity contribution is 7.16. The van der Waals surface area contributed by atoms with E-state index in [2.05, 4.69) is 4.98 Å². The van der Waals surface area contributed by atoms with Crippen LogP contribution in [0.25, 0.3) is 0 Å². The van der Waals surface area contributed by atoms with Crippen LogP contribution in [0.3, 0.4) is 0 Å². The van der Waals surface area contributed by atoms with Gasteiger partial charge in [0.2, 0.25) is 0 Å². The van der Waals surface area contributed by atoms with Crippen LogP contribution in [0, 0.1) is 0 Å². The molecule has 1 heterocycles. The lowest BCUT2D eigenvalue weighted by Gasteiger charge is -2.20. The van der Waals surface area contributed by atoms with Gasteiger partial charge < -0.3 is 4.90 Å². The van der Waals surface area contributed by atoms with Gasteiger partial charge in [0.05, 0.1) is 0 Å². The third-order valence-corrected chi connectivity index (χ3v) is 4.72. The lowest BCUT2D eigenvalue weighted by molar-refractivity contribution is 0.101. The predicted molar refractivity (Wildman–Crippen MR) is 72.3 cm³/mol. The van der Waals surface area contributed by atoms with Crippen LogP contribution in [0.2, 0.25) is 0 Å². The normalized spacial score (nSPS) is 17.1. The molecule has 1 fully saturated rings. The molecule has 0 amide bonds. The Bertz CT molecular complexity index is 406. The fourth-order valence-corrected chi connectivity index (χ4v) is 3.61. The number of ketones is 1. The standard InChI is InChI=1S/C13H20N2OS/c1-9(16)11-12(10-7-5-4-6-8-10)17-13(14-11)15(2)3/h10H,4-8H2,1-3H3. The molecule has 94 valence electrons. The van der Waals surface area contributed by atoms with Crippen molar-refractivity contribution in [3.8, 4) is 0 Å². The molecule has 1 aromatic rings. The fourth-order valence-electron chi connectivity index (χ4n) is 2.41. The van der Waals surface area contributed by atoms with Crippen molar-refractivity contribution in [2.75, 3.05) is 19.0 Å². The van der Waals surface area contributed by atoms with E-state index in [0.29, 0.717) is 11.6 Å². The maximum absolute atomic E-state index is 11.7. The Morgan fingerprint density at radius 2 is 1.94 bits per heavy atom. The van der Waals surface area contributed by atoms with Gasteiger partial charge in [0.15, 0.2) is 10.9 Å². The molecule has 0 bridgehead atoms. The summed E-state index contributed by atoms with van der Waals surface area (Å²) in [5.41, 5.74) is 0.714. The van der Waals surface area contributed by atoms with Gasteiger partial charge in [-0.1, -0.05) is 19.3 Å². The van der Waals surface area contributed by atoms with Gasteiger partial charge in [-0.15, -0.1) is 11.3 Å². The van der Waals surface area contributed by atoms with Crippen LogP contribution in [0.15, 0.2) is 0 Å². The van der Waals surface area contributed by atoms with Crippen LogP contribution < -0.4 is 4.90 Å². The zero-order valence-electron chi connectivity index (χ0n) is 10.8. The summed E-state index contributed by atoms with van der Waals surface area (Å²) in [5.74, 6) is 0.670. The first-order valence-corrected chi connectivity index (χ1v) is 7.10. The van der Waals surface area contributed by atoms with Gasteiger partial charge >= 0.3 is 0 Å². The maximum atomic E-state index is 11.7. The van der Waals surface area contributed by atoms with Gasteiger partial charge in [0.25, 0.3) is 0 Å². The lowest BCUT2D eigenvalue weighted by atomic mass is 9.87. The van der Waals surface area contributed by atoms with Crippen LogP contribution in [0.1, 0.15) is 60.3 Å². The van der Waals surface area contributed by atoms with Crippen LogP contribution in [0.5, 0.6) is 0 Å². The van der Waals surface area contributed by atoms with Gasteiger partial charge in [-0.25, -0.2) is 4.98 Å². The summed E-state index contributed by atoms with van der Waals surface area (Å²) in [6.07, 6.45) is 6.35. The number of carbonyl (C=O) groups is 1. The molecule has 0 unspecified atom stereocenters. The molecular weight excluding hydrogens is 232 g/mol. The highest BCUT2D eigenvalue weighted by Gasteiger charge is 2.24. The smallest absolute Gasteiger partial charge is 0.185 e. The second-order valence-corrected chi connectivity index (χ2v) is 6.00. The van der Waals surface area contributed by atoms with E-state index in [0.717, 1.165) is 5.13 Å². The molecule has 1 aliphatic carbocycles. The second kappa shape index (κ2) is 5.17. The third-order valence-electron chi connectivity index (χ3n) is 3.33. The molecule has 0 N–H and O–H groups in total. The van der Waals surface area contributed by atoms with Crippen LogP contribution >= 0.6 is 11.3 Å². The first kappa shape index (κ1) is 12.6. The molecule has 1 aromatic heterocycles. The summed E-state index contributed by atoms with van der Waals surface area (Å²) >= 11 is 1.70. The minimum atomic E-state index is 0.106. The molecule has 0 radical (unpaired) electrons. The van der Waals surface area contributed by atoms with E-state index in [4.69, 9.17) is 0 Å². The number of Topliss-reactive ketones (excluding diaryl/α,β-unsaturated/α-hetero) is 1. The van der Waals surface area contributed by atoms with Gasteiger partial charge in [0.1, 0.15) is 5.69 Å². The Morgan fingerprint density at radius 1 is 1.29 bits per heavy atom. The summed E-state index contributed by atoms with van der Waals surface area (Å²) in [6.45, 7) is 1.63. The molecule has 1 saturated carbocycles. The van der Waals surface area contributed by atoms with Crippen LogP contribution in [-0.4, -0.2) is 24.9 Å². The quantitative estimate of drug-likeness (QED) is 0.772. The second-order valence-electron chi connectivity index (χ2n) is 4.99. The van der Waals surface area contributed by atoms with E-state index < -0.39 is 0 Å².